The third kappa shape index (κ3) is 5.93. The van der Waals surface area contributed by atoms with E-state index in [0.717, 1.165) is 25.3 Å². The van der Waals surface area contributed by atoms with Crippen molar-refractivity contribution in [1.29, 1.82) is 0 Å². The maximum atomic E-state index is 5.19. The van der Waals surface area contributed by atoms with E-state index in [1.807, 2.05) is 12.1 Å². The first-order chi connectivity index (χ1) is 9.73. The van der Waals surface area contributed by atoms with Gasteiger partial charge in [0.05, 0.1) is 7.11 Å². The molecule has 0 spiro atoms. The molecule has 1 N–H and O–H groups in total. The summed E-state index contributed by atoms with van der Waals surface area (Å²) in [5.41, 5.74) is 1.38. The van der Waals surface area contributed by atoms with Crippen LogP contribution in [-0.4, -0.2) is 44.7 Å². The van der Waals surface area contributed by atoms with Crippen LogP contribution in [-0.2, 0) is 6.42 Å². The third-order valence-corrected chi connectivity index (χ3v) is 4.04. The molecule has 1 aromatic carbocycles. The van der Waals surface area contributed by atoms with Crippen molar-refractivity contribution >= 4 is 0 Å². The first kappa shape index (κ1) is 17.0. The molecule has 1 aromatic rings. The van der Waals surface area contributed by atoms with Gasteiger partial charge in [-0.2, -0.15) is 0 Å². The van der Waals surface area contributed by atoms with E-state index < -0.39 is 0 Å². The van der Waals surface area contributed by atoms with Crippen LogP contribution in [0.2, 0.25) is 0 Å². The Hall–Kier alpha value is -1.06. The number of nitrogens with one attached hydrogen (secondary N) is 1. The highest BCUT2D eigenvalue weighted by atomic mass is 16.5. The lowest BCUT2D eigenvalue weighted by Gasteiger charge is -2.22. The molecule has 0 saturated heterocycles. The Morgan fingerprint density at radius 2 is 1.75 bits per heavy atom. The predicted octanol–water partition coefficient (Wildman–Crippen LogP) is 2.95. The minimum Gasteiger partial charge on any atom is -0.497 e. The van der Waals surface area contributed by atoms with Gasteiger partial charge in [0, 0.05) is 6.04 Å². The average molecular weight is 278 g/mol. The topological polar surface area (TPSA) is 24.5 Å². The van der Waals surface area contributed by atoms with Crippen LogP contribution in [0.1, 0.15) is 32.3 Å². The normalized spacial score (nSPS) is 12.7. The first-order valence-corrected chi connectivity index (χ1v) is 7.76. The summed E-state index contributed by atoms with van der Waals surface area (Å²) in [6, 6.07) is 9.00. The fourth-order valence-corrected chi connectivity index (χ4v) is 2.44. The number of hydrogen-bond acceptors (Lipinski definition) is 3. The van der Waals surface area contributed by atoms with Gasteiger partial charge in [0.15, 0.2) is 0 Å². The van der Waals surface area contributed by atoms with Crippen molar-refractivity contribution in [1.82, 2.24) is 10.2 Å². The molecule has 0 amide bonds. The largest absolute Gasteiger partial charge is 0.497 e. The lowest BCUT2D eigenvalue weighted by atomic mass is 10.0. The molecule has 0 aliphatic rings. The van der Waals surface area contributed by atoms with Crippen LogP contribution < -0.4 is 10.1 Å². The number of nitrogens with zero attached hydrogens (tertiary/aromatic N) is 1. The van der Waals surface area contributed by atoms with Crippen LogP contribution in [0.25, 0.3) is 0 Å². The predicted molar refractivity (Wildman–Crippen MR) is 86.6 cm³/mol. The van der Waals surface area contributed by atoms with Crippen LogP contribution in [0.3, 0.4) is 0 Å². The Balaban J connectivity index is 2.36. The fraction of sp³-hybridized carbons (Fsp3) is 0.647. The average Bonchev–Trinajstić information content (AvgIpc) is 2.51. The van der Waals surface area contributed by atoms with Crippen molar-refractivity contribution in [2.45, 2.75) is 39.2 Å². The standard InChI is InChI=1S/C17H30N2O/c1-5-19(6-2)14-13-16(18-3)10-7-15-8-11-17(20-4)12-9-15/h8-9,11-12,16,18H,5-7,10,13-14H2,1-4H3. The van der Waals surface area contributed by atoms with Crippen LogP contribution in [0, 0.1) is 0 Å². The van der Waals surface area contributed by atoms with Crippen molar-refractivity contribution in [2.75, 3.05) is 33.8 Å². The summed E-state index contributed by atoms with van der Waals surface area (Å²) in [6.45, 7) is 7.93. The number of hydrogen-bond donors (Lipinski definition) is 1. The van der Waals surface area contributed by atoms with Crippen LogP contribution in [0.5, 0.6) is 5.75 Å². The molecular weight excluding hydrogens is 248 g/mol. The Labute approximate surface area is 124 Å². The van der Waals surface area contributed by atoms with Gasteiger partial charge in [-0.05, 0) is 63.6 Å². The van der Waals surface area contributed by atoms with Crippen LogP contribution in [0.4, 0.5) is 0 Å². The quantitative estimate of drug-likeness (QED) is 0.712. The smallest absolute Gasteiger partial charge is 0.118 e. The highest BCUT2D eigenvalue weighted by Gasteiger charge is 2.08. The van der Waals surface area contributed by atoms with E-state index in [0.29, 0.717) is 6.04 Å². The Bertz CT molecular complexity index is 347. The molecule has 1 atom stereocenters. The zero-order valence-corrected chi connectivity index (χ0v) is 13.5. The zero-order valence-electron chi connectivity index (χ0n) is 13.5. The van der Waals surface area contributed by atoms with E-state index in [1.165, 1.54) is 24.9 Å². The molecule has 0 bridgehead atoms. The molecule has 0 radical (unpaired) electrons. The van der Waals surface area contributed by atoms with Gasteiger partial charge >= 0.3 is 0 Å². The number of aryl methyl sites for hydroxylation is 1. The molecule has 3 nitrogen and oxygen atoms in total. The molecule has 20 heavy (non-hydrogen) atoms. The lowest BCUT2D eigenvalue weighted by Crippen LogP contribution is -2.32. The summed E-state index contributed by atoms with van der Waals surface area (Å²) in [7, 11) is 3.78. The summed E-state index contributed by atoms with van der Waals surface area (Å²) in [5, 5.41) is 3.45. The van der Waals surface area contributed by atoms with Gasteiger partial charge in [-0.25, -0.2) is 0 Å². The second-order valence-corrected chi connectivity index (χ2v) is 5.19. The second kappa shape index (κ2) is 9.78. The van der Waals surface area contributed by atoms with Crippen molar-refractivity contribution in [3.05, 3.63) is 29.8 Å². The monoisotopic (exact) mass is 278 g/mol. The number of rotatable bonds is 10. The number of benzene rings is 1. The molecule has 1 unspecified atom stereocenters. The Kier molecular flexibility index (Phi) is 8.31. The minimum absolute atomic E-state index is 0.595. The summed E-state index contributed by atoms with van der Waals surface area (Å²) in [5.74, 6) is 0.931. The van der Waals surface area contributed by atoms with E-state index in [4.69, 9.17) is 4.74 Å². The summed E-state index contributed by atoms with van der Waals surface area (Å²) >= 11 is 0. The molecule has 0 aromatic heterocycles. The summed E-state index contributed by atoms with van der Waals surface area (Å²) < 4.78 is 5.19. The Morgan fingerprint density at radius 3 is 2.25 bits per heavy atom. The molecular formula is C17H30N2O. The lowest BCUT2D eigenvalue weighted by molar-refractivity contribution is 0.280. The highest BCUT2D eigenvalue weighted by Crippen LogP contribution is 2.14. The molecule has 114 valence electrons. The van der Waals surface area contributed by atoms with Gasteiger partial charge in [0.1, 0.15) is 5.75 Å². The highest BCUT2D eigenvalue weighted by molar-refractivity contribution is 5.27. The molecule has 0 aliphatic heterocycles. The molecule has 0 heterocycles. The van der Waals surface area contributed by atoms with Gasteiger partial charge in [-0.3, -0.25) is 0 Å². The van der Waals surface area contributed by atoms with E-state index >= 15 is 0 Å². The second-order valence-electron chi connectivity index (χ2n) is 5.19. The van der Waals surface area contributed by atoms with E-state index in [-0.39, 0.29) is 0 Å². The first-order valence-electron chi connectivity index (χ1n) is 7.76. The van der Waals surface area contributed by atoms with E-state index in [1.54, 1.807) is 7.11 Å². The van der Waals surface area contributed by atoms with Crippen molar-refractivity contribution in [3.8, 4) is 5.75 Å². The Morgan fingerprint density at radius 1 is 1.10 bits per heavy atom. The maximum Gasteiger partial charge on any atom is 0.118 e. The molecule has 1 rings (SSSR count). The molecule has 3 heteroatoms. The van der Waals surface area contributed by atoms with E-state index in [9.17, 15) is 0 Å². The molecule has 0 aliphatic carbocycles. The van der Waals surface area contributed by atoms with Crippen molar-refractivity contribution in [3.63, 3.8) is 0 Å². The SMILES string of the molecule is CCN(CC)CCC(CCc1ccc(OC)cc1)NC. The maximum absolute atomic E-state index is 5.19. The summed E-state index contributed by atoms with van der Waals surface area (Å²) in [4.78, 5) is 2.48. The van der Waals surface area contributed by atoms with Gasteiger partial charge < -0.3 is 15.0 Å². The van der Waals surface area contributed by atoms with Crippen molar-refractivity contribution in [2.24, 2.45) is 0 Å². The zero-order chi connectivity index (χ0) is 14.8. The van der Waals surface area contributed by atoms with Gasteiger partial charge in [-0.1, -0.05) is 26.0 Å². The van der Waals surface area contributed by atoms with Crippen LogP contribution >= 0.6 is 0 Å². The summed E-state index contributed by atoms with van der Waals surface area (Å²) in [6.07, 6.45) is 3.52. The van der Waals surface area contributed by atoms with Crippen molar-refractivity contribution < 1.29 is 4.74 Å². The van der Waals surface area contributed by atoms with Gasteiger partial charge in [-0.15, -0.1) is 0 Å². The minimum atomic E-state index is 0.595. The fourth-order valence-electron chi connectivity index (χ4n) is 2.44. The third-order valence-electron chi connectivity index (χ3n) is 4.04. The van der Waals surface area contributed by atoms with Gasteiger partial charge in [0.25, 0.3) is 0 Å². The molecule has 0 saturated carbocycles. The number of ether oxygens (including phenoxy) is 1. The molecule has 0 fully saturated rings. The van der Waals surface area contributed by atoms with E-state index in [2.05, 4.69) is 43.2 Å². The van der Waals surface area contributed by atoms with Crippen LogP contribution in [0.15, 0.2) is 24.3 Å². The van der Waals surface area contributed by atoms with Gasteiger partial charge in [0.2, 0.25) is 0 Å². The number of methoxy groups -OCH3 is 1.